The molecule has 0 bridgehead atoms. The molecule has 1 unspecified atom stereocenters. The molecule has 0 radical (unpaired) electrons. The Morgan fingerprint density at radius 3 is 2.91 bits per heavy atom. The second-order valence-electron chi connectivity index (χ2n) is 5.87. The molecule has 4 nitrogen and oxygen atoms in total. The van der Waals surface area contributed by atoms with Crippen LogP contribution in [-0.4, -0.2) is 44.6 Å². The van der Waals surface area contributed by atoms with E-state index >= 15 is 0 Å². The normalized spacial score (nSPS) is 17.5. The lowest BCUT2D eigenvalue weighted by Gasteiger charge is -2.32. The van der Waals surface area contributed by atoms with Gasteiger partial charge in [0.15, 0.2) is 0 Å². The van der Waals surface area contributed by atoms with Crippen molar-refractivity contribution in [1.29, 1.82) is 0 Å². The van der Waals surface area contributed by atoms with Gasteiger partial charge >= 0.3 is 0 Å². The van der Waals surface area contributed by atoms with Crippen molar-refractivity contribution in [2.24, 2.45) is 5.92 Å². The highest BCUT2D eigenvalue weighted by atomic mass is 79.9. The predicted octanol–water partition coefficient (Wildman–Crippen LogP) is 3.27. The van der Waals surface area contributed by atoms with Crippen LogP contribution in [0.15, 0.2) is 22.7 Å². The molecule has 1 aromatic carbocycles. The summed E-state index contributed by atoms with van der Waals surface area (Å²) in [5.41, 5.74) is 1.16. The molecule has 1 fully saturated rings. The van der Waals surface area contributed by atoms with Crippen molar-refractivity contribution < 1.29 is 9.53 Å². The zero-order chi connectivity index (χ0) is 15.9. The minimum absolute atomic E-state index is 0. The summed E-state index contributed by atoms with van der Waals surface area (Å²) in [6.07, 6.45) is 3.68. The Morgan fingerprint density at radius 1 is 1.48 bits per heavy atom. The number of nitrogens with one attached hydrogen (secondary N) is 1. The first-order valence-corrected chi connectivity index (χ1v) is 8.68. The number of halogens is 2. The first-order valence-electron chi connectivity index (χ1n) is 7.88. The van der Waals surface area contributed by atoms with E-state index < -0.39 is 0 Å². The average Bonchev–Trinajstić information content (AvgIpc) is 2.53. The Hall–Kier alpha value is -0.780. The Balaban J connectivity index is 0.00000264. The molecule has 1 aromatic rings. The zero-order valence-corrected chi connectivity index (χ0v) is 16.2. The van der Waals surface area contributed by atoms with Gasteiger partial charge in [0.25, 0.3) is 0 Å². The molecule has 1 aliphatic rings. The van der Waals surface area contributed by atoms with E-state index in [9.17, 15) is 4.79 Å². The number of benzene rings is 1. The maximum atomic E-state index is 12.4. The number of nitrogens with zero attached hydrogens (tertiary/aromatic N) is 1. The van der Waals surface area contributed by atoms with Gasteiger partial charge in [0.1, 0.15) is 5.75 Å². The minimum Gasteiger partial charge on any atom is -0.496 e. The van der Waals surface area contributed by atoms with Crippen LogP contribution in [0.1, 0.15) is 24.8 Å². The van der Waals surface area contributed by atoms with Gasteiger partial charge in [-0.25, -0.2) is 0 Å². The van der Waals surface area contributed by atoms with Crippen molar-refractivity contribution in [2.45, 2.75) is 25.7 Å². The Labute approximate surface area is 153 Å². The van der Waals surface area contributed by atoms with Crippen molar-refractivity contribution in [2.75, 3.05) is 33.8 Å². The summed E-state index contributed by atoms with van der Waals surface area (Å²) >= 11 is 3.49. The minimum atomic E-state index is 0. The molecule has 1 saturated heterocycles. The van der Waals surface area contributed by atoms with Crippen LogP contribution < -0.4 is 10.1 Å². The third-order valence-electron chi connectivity index (χ3n) is 4.21. The number of aryl methyl sites for hydroxylation is 1. The Bertz CT molecular complexity index is 511. The van der Waals surface area contributed by atoms with E-state index in [4.69, 9.17) is 4.74 Å². The topological polar surface area (TPSA) is 41.6 Å². The monoisotopic (exact) mass is 404 g/mol. The Morgan fingerprint density at radius 2 is 2.26 bits per heavy atom. The number of hydrogen-bond acceptors (Lipinski definition) is 3. The predicted molar refractivity (Wildman–Crippen MR) is 99.5 cm³/mol. The van der Waals surface area contributed by atoms with E-state index in [0.29, 0.717) is 12.3 Å². The van der Waals surface area contributed by atoms with Crippen molar-refractivity contribution in [3.63, 3.8) is 0 Å². The molecule has 130 valence electrons. The standard InChI is InChI=1S/C17H25BrN2O2.ClH/c1-19-11-14-4-3-9-20(12-14)17(21)8-6-13-5-7-16(22-2)15(18)10-13;/h5,7,10,14,19H,3-4,6,8-9,11-12H2,1-2H3;1H. The van der Waals surface area contributed by atoms with Crippen molar-refractivity contribution in [3.05, 3.63) is 28.2 Å². The van der Waals surface area contributed by atoms with E-state index in [1.807, 2.05) is 30.1 Å². The van der Waals surface area contributed by atoms with Gasteiger partial charge < -0.3 is 15.0 Å². The van der Waals surface area contributed by atoms with Gasteiger partial charge in [-0.15, -0.1) is 12.4 Å². The van der Waals surface area contributed by atoms with Gasteiger partial charge in [-0.05, 0) is 72.4 Å². The fourth-order valence-corrected chi connectivity index (χ4v) is 3.61. The number of carbonyl (C=O) groups is 1. The molecule has 0 saturated carbocycles. The third kappa shape index (κ3) is 5.98. The molecule has 1 atom stereocenters. The summed E-state index contributed by atoms with van der Waals surface area (Å²) in [5, 5.41) is 3.22. The molecule has 1 N–H and O–H groups in total. The Kier molecular flexibility index (Phi) is 8.95. The maximum absolute atomic E-state index is 12.4. The summed E-state index contributed by atoms with van der Waals surface area (Å²) < 4.78 is 6.16. The molecule has 0 aromatic heterocycles. The molecule has 1 heterocycles. The number of methoxy groups -OCH3 is 1. The van der Waals surface area contributed by atoms with E-state index in [1.165, 1.54) is 6.42 Å². The maximum Gasteiger partial charge on any atom is 0.222 e. The van der Waals surface area contributed by atoms with Gasteiger partial charge in [0.05, 0.1) is 11.6 Å². The molecular weight excluding hydrogens is 380 g/mol. The number of rotatable bonds is 6. The van der Waals surface area contributed by atoms with E-state index in [0.717, 1.165) is 48.3 Å². The summed E-state index contributed by atoms with van der Waals surface area (Å²) in [6, 6.07) is 6.00. The first-order chi connectivity index (χ1) is 10.6. The quantitative estimate of drug-likeness (QED) is 0.790. The van der Waals surface area contributed by atoms with Gasteiger partial charge in [0, 0.05) is 19.5 Å². The first kappa shape index (κ1) is 20.3. The van der Waals surface area contributed by atoms with Gasteiger partial charge in [0.2, 0.25) is 5.91 Å². The van der Waals surface area contributed by atoms with Crippen molar-refractivity contribution in [1.82, 2.24) is 10.2 Å². The van der Waals surface area contributed by atoms with Crippen LogP contribution in [0.2, 0.25) is 0 Å². The number of ether oxygens (including phenoxy) is 1. The summed E-state index contributed by atoms with van der Waals surface area (Å²) in [6.45, 7) is 2.80. The third-order valence-corrected chi connectivity index (χ3v) is 4.83. The van der Waals surface area contributed by atoms with Crippen molar-refractivity contribution >= 4 is 34.2 Å². The fraction of sp³-hybridized carbons (Fsp3) is 0.588. The molecule has 2 rings (SSSR count). The second-order valence-corrected chi connectivity index (χ2v) is 6.73. The van der Waals surface area contributed by atoms with Crippen LogP contribution in [0.5, 0.6) is 5.75 Å². The van der Waals surface area contributed by atoms with Crippen LogP contribution in [0.3, 0.4) is 0 Å². The van der Waals surface area contributed by atoms with Crippen LogP contribution in [0.25, 0.3) is 0 Å². The SMILES string of the molecule is CNCC1CCCN(C(=O)CCc2ccc(OC)c(Br)c2)C1.Cl. The molecule has 1 amide bonds. The largest absolute Gasteiger partial charge is 0.496 e. The van der Waals surface area contributed by atoms with Crippen molar-refractivity contribution in [3.8, 4) is 5.75 Å². The number of hydrogen-bond donors (Lipinski definition) is 1. The molecule has 23 heavy (non-hydrogen) atoms. The molecule has 1 aliphatic heterocycles. The highest BCUT2D eigenvalue weighted by molar-refractivity contribution is 9.10. The number of carbonyl (C=O) groups excluding carboxylic acids is 1. The lowest BCUT2D eigenvalue weighted by Crippen LogP contribution is -2.42. The van der Waals surface area contributed by atoms with E-state index in [2.05, 4.69) is 21.2 Å². The lowest BCUT2D eigenvalue weighted by molar-refractivity contribution is -0.132. The number of amides is 1. The highest BCUT2D eigenvalue weighted by Gasteiger charge is 2.22. The van der Waals surface area contributed by atoms with Crippen LogP contribution >= 0.6 is 28.3 Å². The summed E-state index contributed by atoms with van der Waals surface area (Å²) in [5.74, 6) is 1.69. The lowest BCUT2D eigenvalue weighted by atomic mass is 9.97. The molecule has 0 spiro atoms. The summed E-state index contributed by atoms with van der Waals surface area (Å²) in [7, 11) is 3.63. The summed E-state index contributed by atoms with van der Waals surface area (Å²) in [4.78, 5) is 14.4. The fourth-order valence-electron chi connectivity index (χ4n) is 3.02. The average molecular weight is 406 g/mol. The number of piperidine rings is 1. The van der Waals surface area contributed by atoms with Gasteiger partial charge in [-0.1, -0.05) is 6.07 Å². The van der Waals surface area contributed by atoms with Crippen LogP contribution in [0.4, 0.5) is 0 Å². The molecule has 0 aliphatic carbocycles. The number of likely N-dealkylation sites (tertiary alicyclic amines) is 1. The van der Waals surface area contributed by atoms with Gasteiger partial charge in [-0.2, -0.15) is 0 Å². The molecular formula is C17H26BrClN2O2. The smallest absolute Gasteiger partial charge is 0.222 e. The van der Waals surface area contributed by atoms with Crippen LogP contribution in [-0.2, 0) is 11.2 Å². The second kappa shape index (κ2) is 10.2. The van der Waals surface area contributed by atoms with Gasteiger partial charge in [-0.3, -0.25) is 4.79 Å². The molecule has 6 heteroatoms. The highest BCUT2D eigenvalue weighted by Crippen LogP contribution is 2.26. The van der Waals surface area contributed by atoms with Crippen LogP contribution in [0, 0.1) is 5.92 Å². The van der Waals surface area contributed by atoms with E-state index in [1.54, 1.807) is 7.11 Å². The van der Waals surface area contributed by atoms with E-state index in [-0.39, 0.29) is 18.3 Å². The zero-order valence-electron chi connectivity index (χ0n) is 13.8.